The van der Waals surface area contributed by atoms with Gasteiger partial charge in [-0.2, -0.15) is 0 Å². The Morgan fingerprint density at radius 3 is 1.64 bits per heavy atom. The number of rotatable bonds is 22. The molecule has 0 aliphatic heterocycles. The fourth-order valence-corrected chi connectivity index (χ4v) is 3.70. The molecule has 0 N–H and O–H groups in total. The maximum atomic E-state index is 12.2. The lowest BCUT2D eigenvalue weighted by Crippen LogP contribution is -2.45. The smallest absolute Gasteiger partial charge is 0.170 e. The monoisotopic (exact) mass is 470 g/mol. The van der Waals surface area contributed by atoms with Crippen LogP contribution in [0.5, 0.6) is 0 Å². The van der Waals surface area contributed by atoms with Crippen molar-refractivity contribution in [2.75, 3.05) is 19.8 Å². The van der Waals surface area contributed by atoms with Gasteiger partial charge in [0.25, 0.3) is 0 Å². The minimum absolute atomic E-state index is 0.114. The molecule has 0 fully saturated rings. The summed E-state index contributed by atoms with van der Waals surface area (Å²) >= 11 is 0. The van der Waals surface area contributed by atoms with E-state index in [0.717, 1.165) is 38.9 Å². The van der Waals surface area contributed by atoms with Crippen molar-refractivity contribution in [3.8, 4) is 0 Å². The fourth-order valence-electron chi connectivity index (χ4n) is 3.70. The van der Waals surface area contributed by atoms with Gasteiger partial charge in [-0.05, 0) is 58.8 Å². The zero-order valence-electron chi connectivity index (χ0n) is 23.6. The molecule has 0 amide bonds. The van der Waals surface area contributed by atoms with Crippen molar-refractivity contribution < 1.29 is 19.0 Å². The maximum absolute atomic E-state index is 12.2. The normalized spacial score (nSPS) is 14.2. The molecule has 4 heteroatoms. The van der Waals surface area contributed by atoms with Gasteiger partial charge in [0.05, 0.1) is 19.3 Å². The van der Waals surface area contributed by atoms with E-state index in [-0.39, 0.29) is 5.41 Å². The molecular weight excluding hydrogens is 412 g/mol. The van der Waals surface area contributed by atoms with E-state index < -0.39 is 5.79 Å². The molecule has 0 rings (SSSR count). The molecule has 0 aromatic carbocycles. The van der Waals surface area contributed by atoms with Gasteiger partial charge in [0, 0.05) is 24.9 Å². The molecule has 1 unspecified atom stereocenters. The van der Waals surface area contributed by atoms with E-state index in [1.165, 1.54) is 51.4 Å². The van der Waals surface area contributed by atoms with E-state index >= 15 is 0 Å². The summed E-state index contributed by atoms with van der Waals surface area (Å²) in [5.41, 5.74) is -0.114. The number of hydrogen-bond acceptors (Lipinski definition) is 4. The predicted molar refractivity (Wildman–Crippen MR) is 141 cm³/mol. The number of ether oxygens (including phenoxy) is 3. The molecule has 198 valence electrons. The average molecular weight is 471 g/mol. The molecule has 0 aromatic heterocycles. The molecule has 0 saturated heterocycles. The highest BCUT2D eigenvalue weighted by Gasteiger charge is 2.39. The zero-order chi connectivity index (χ0) is 25.2. The Labute approximate surface area is 206 Å². The second-order valence-electron chi connectivity index (χ2n) is 11.6. The Morgan fingerprint density at radius 2 is 1.12 bits per heavy atom. The highest BCUT2D eigenvalue weighted by Crippen LogP contribution is 2.35. The third-order valence-corrected chi connectivity index (χ3v) is 6.44. The lowest BCUT2D eigenvalue weighted by Gasteiger charge is -2.41. The van der Waals surface area contributed by atoms with Crippen LogP contribution in [0.2, 0.25) is 0 Å². The van der Waals surface area contributed by atoms with Crippen LogP contribution in [0.25, 0.3) is 0 Å². The van der Waals surface area contributed by atoms with Crippen LogP contribution >= 0.6 is 0 Å². The van der Waals surface area contributed by atoms with Crippen LogP contribution in [0.3, 0.4) is 0 Å². The number of carbonyl (C=O) groups excluding carboxylic acids is 1. The summed E-state index contributed by atoms with van der Waals surface area (Å²) in [6, 6.07) is 0. The molecule has 33 heavy (non-hydrogen) atoms. The Kier molecular flexibility index (Phi) is 18.6. The van der Waals surface area contributed by atoms with Gasteiger partial charge >= 0.3 is 0 Å². The Balaban J connectivity index is 3.79. The summed E-state index contributed by atoms with van der Waals surface area (Å²) < 4.78 is 17.9. The Morgan fingerprint density at radius 1 is 0.636 bits per heavy atom. The van der Waals surface area contributed by atoms with Crippen molar-refractivity contribution in [1.82, 2.24) is 0 Å². The van der Waals surface area contributed by atoms with Crippen molar-refractivity contribution in [3.63, 3.8) is 0 Å². The van der Waals surface area contributed by atoms with Gasteiger partial charge in [0.2, 0.25) is 0 Å². The summed E-state index contributed by atoms with van der Waals surface area (Å²) in [7, 11) is 0. The highest BCUT2D eigenvalue weighted by molar-refractivity contribution is 5.78. The average Bonchev–Trinajstić information content (AvgIpc) is 2.71. The van der Waals surface area contributed by atoms with Gasteiger partial charge in [-0.1, -0.05) is 73.1 Å². The first-order valence-electron chi connectivity index (χ1n) is 13.9. The number of Topliss-reactive ketones (excluding diaryl/α,β-unsaturated/α-hetero) is 1. The van der Waals surface area contributed by atoms with Crippen molar-refractivity contribution in [2.45, 2.75) is 151 Å². The van der Waals surface area contributed by atoms with E-state index in [4.69, 9.17) is 14.2 Å². The van der Waals surface area contributed by atoms with Crippen molar-refractivity contribution in [1.29, 1.82) is 0 Å². The van der Waals surface area contributed by atoms with Gasteiger partial charge in [-0.15, -0.1) is 0 Å². The number of hydrogen-bond donors (Lipinski definition) is 0. The van der Waals surface area contributed by atoms with Crippen molar-refractivity contribution in [2.24, 2.45) is 11.3 Å². The summed E-state index contributed by atoms with van der Waals surface area (Å²) in [6.45, 7) is 19.4. The summed E-state index contributed by atoms with van der Waals surface area (Å²) in [6.07, 6.45) is 14.5. The lowest BCUT2D eigenvalue weighted by molar-refractivity contribution is -0.278. The van der Waals surface area contributed by atoms with Crippen molar-refractivity contribution in [3.05, 3.63) is 0 Å². The molecular formula is C29H58O4. The minimum atomic E-state index is -0.617. The van der Waals surface area contributed by atoms with Crippen LogP contribution in [-0.2, 0) is 19.0 Å². The number of unbranched alkanes of at least 4 members (excludes halogenated alkanes) is 7. The van der Waals surface area contributed by atoms with Gasteiger partial charge < -0.3 is 14.2 Å². The van der Waals surface area contributed by atoms with Crippen LogP contribution in [-0.4, -0.2) is 37.5 Å². The quantitative estimate of drug-likeness (QED) is 0.117. The van der Waals surface area contributed by atoms with E-state index in [2.05, 4.69) is 48.5 Å². The van der Waals surface area contributed by atoms with Crippen LogP contribution in [0.1, 0.15) is 139 Å². The first kappa shape index (κ1) is 32.5. The molecule has 1 atom stereocenters. The molecule has 4 nitrogen and oxygen atoms in total. The Bertz CT molecular complexity index is 467. The van der Waals surface area contributed by atoms with Crippen LogP contribution < -0.4 is 0 Å². The topological polar surface area (TPSA) is 44.8 Å². The highest BCUT2D eigenvalue weighted by atomic mass is 16.7. The third kappa shape index (κ3) is 18.5. The van der Waals surface area contributed by atoms with E-state index in [1.807, 2.05) is 6.92 Å². The molecule has 0 radical (unpaired) electrons. The molecule has 0 bridgehead atoms. The lowest BCUT2D eigenvalue weighted by atomic mass is 9.86. The summed E-state index contributed by atoms with van der Waals surface area (Å²) in [5.74, 6) is 0.453. The van der Waals surface area contributed by atoms with Gasteiger partial charge in [0.15, 0.2) is 5.79 Å². The maximum Gasteiger partial charge on any atom is 0.170 e. The predicted octanol–water partition coefficient (Wildman–Crippen LogP) is 8.50. The van der Waals surface area contributed by atoms with Crippen LogP contribution in [0, 0.1) is 11.3 Å². The van der Waals surface area contributed by atoms with Crippen LogP contribution in [0.15, 0.2) is 0 Å². The van der Waals surface area contributed by atoms with Gasteiger partial charge in [0.1, 0.15) is 5.78 Å². The third-order valence-electron chi connectivity index (χ3n) is 6.44. The first-order chi connectivity index (χ1) is 15.5. The molecule has 0 aromatic rings. The molecule has 0 spiro atoms. The number of carbonyl (C=O) groups is 1. The summed E-state index contributed by atoms with van der Waals surface area (Å²) in [4.78, 5) is 12.2. The first-order valence-corrected chi connectivity index (χ1v) is 13.9. The zero-order valence-corrected chi connectivity index (χ0v) is 23.6. The Hall–Kier alpha value is -0.450. The van der Waals surface area contributed by atoms with E-state index in [9.17, 15) is 4.79 Å². The van der Waals surface area contributed by atoms with E-state index in [0.29, 0.717) is 30.8 Å². The second-order valence-corrected chi connectivity index (χ2v) is 11.6. The molecule has 0 heterocycles. The van der Waals surface area contributed by atoms with Gasteiger partial charge in [-0.25, -0.2) is 0 Å². The van der Waals surface area contributed by atoms with Crippen LogP contribution in [0.4, 0.5) is 0 Å². The second kappa shape index (κ2) is 18.8. The largest absolute Gasteiger partial charge is 0.379 e. The van der Waals surface area contributed by atoms with E-state index in [1.54, 1.807) is 0 Å². The SMILES string of the molecule is CC(C)CCCOC(C)(OCCCC(=O)CCCCCCCCCCOC(C)C)C(C)(C)C. The fraction of sp³-hybridized carbons (Fsp3) is 0.966. The minimum Gasteiger partial charge on any atom is -0.379 e. The molecule has 0 aliphatic rings. The van der Waals surface area contributed by atoms with Crippen molar-refractivity contribution >= 4 is 5.78 Å². The summed E-state index contributed by atoms with van der Waals surface area (Å²) in [5, 5.41) is 0. The number of ketones is 1. The standard InChI is InChI=1S/C29H58O4/c1-25(2)19-17-23-32-29(8,28(5,6)7)33-24-18-21-27(30)20-15-13-11-9-10-12-14-16-22-31-26(3)4/h25-26H,9-24H2,1-8H3. The van der Waals surface area contributed by atoms with Gasteiger partial charge in [-0.3, -0.25) is 4.79 Å². The molecule has 0 aliphatic carbocycles. The molecule has 0 saturated carbocycles.